The zero-order valence-corrected chi connectivity index (χ0v) is 14.7. The van der Waals surface area contributed by atoms with E-state index in [1.807, 2.05) is 28.8 Å². The normalized spacial score (nSPS) is 22.2. The maximum absolute atomic E-state index is 12.6. The molecule has 0 unspecified atom stereocenters. The minimum Gasteiger partial charge on any atom is -0.364 e. The topological polar surface area (TPSA) is 99.7 Å². The highest BCUT2D eigenvalue weighted by molar-refractivity contribution is 5.77. The monoisotopic (exact) mass is 351 g/mol. The maximum atomic E-state index is 12.6. The van der Waals surface area contributed by atoms with Gasteiger partial charge in [-0.3, -0.25) is 4.79 Å². The molecule has 26 heavy (non-hydrogen) atoms. The summed E-state index contributed by atoms with van der Waals surface area (Å²) in [6.07, 6.45) is 9.78. The van der Waals surface area contributed by atoms with Crippen LogP contribution in [0.4, 0.5) is 5.82 Å². The standard InChI is InChI=1S/C18H21N7O/c1-24-9-15(22-11-24)14-8-25(18(26)4-12-2-3-12)10-16(14)23-17-7-20-13(5-19)6-21-17/h6-7,9,11-12,14,16H,2-4,8,10H2,1H3,(H,21,23)/t14-,16+/m0/s1. The molecule has 2 aliphatic rings. The van der Waals surface area contributed by atoms with Gasteiger partial charge in [0.05, 0.1) is 30.5 Å². The molecule has 4 rings (SSSR count). The molecular weight excluding hydrogens is 330 g/mol. The van der Waals surface area contributed by atoms with Crippen LogP contribution in [0.5, 0.6) is 0 Å². The van der Waals surface area contributed by atoms with Gasteiger partial charge in [0.25, 0.3) is 0 Å². The van der Waals surface area contributed by atoms with Crippen molar-refractivity contribution in [3.8, 4) is 6.07 Å². The first-order valence-corrected chi connectivity index (χ1v) is 8.86. The number of nitrogens with zero attached hydrogens (tertiary/aromatic N) is 6. The number of carbonyl (C=O) groups excluding carboxylic acids is 1. The summed E-state index contributed by atoms with van der Waals surface area (Å²) in [5.74, 6) is 1.50. The van der Waals surface area contributed by atoms with Crippen LogP contribution in [-0.4, -0.2) is 49.5 Å². The largest absolute Gasteiger partial charge is 0.364 e. The lowest BCUT2D eigenvalue weighted by atomic mass is 10.0. The molecule has 0 bridgehead atoms. The summed E-state index contributed by atoms with van der Waals surface area (Å²) in [5.41, 5.74) is 1.25. The van der Waals surface area contributed by atoms with Crippen LogP contribution in [0.2, 0.25) is 0 Å². The summed E-state index contributed by atoms with van der Waals surface area (Å²) in [7, 11) is 1.94. The van der Waals surface area contributed by atoms with Crippen molar-refractivity contribution in [1.29, 1.82) is 5.26 Å². The Morgan fingerprint density at radius 3 is 2.77 bits per heavy atom. The van der Waals surface area contributed by atoms with Crippen molar-refractivity contribution in [3.63, 3.8) is 0 Å². The van der Waals surface area contributed by atoms with E-state index in [-0.39, 0.29) is 23.6 Å². The van der Waals surface area contributed by atoms with Crippen molar-refractivity contribution in [2.24, 2.45) is 13.0 Å². The van der Waals surface area contributed by atoms with Crippen LogP contribution < -0.4 is 5.32 Å². The average Bonchev–Trinajstić information content (AvgIpc) is 3.19. The van der Waals surface area contributed by atoms with Crippen LogP contribution >= 0.6 is 0 Å². The van der Waals surface area contributed by atoms with Crippen LogP contribution in [-0.2, 0) is 11.8 Å². The van der Waals surface area contributed by atoms with E-state index >= 15 is 0 Å². The first-order valence-electron chi connectivity index (χ1n) is 8.86. The first-order chi connectivity index (χ1) is 12.6. The number of hydrogen-bond acceptors (Lipinski definition) is 6. The minimum absolute atomic E-state index is 0.00953. The fourth-order valence-corrected chi connectivity index (χ4v) is 3.43. The molecular formula is C18H21N7O. The second kappa shape index (κ2) is 6.75. The van der Waals surface area contributed by atoms with Gasteiger partial charge in [0, 0.05) is 38.7 Å². The predicted octanol–water partition coefficient (Wildman–Crippen LogP) is 1.29. The number of aromatic nitrogens is 4. The molecule has 0 radical (unpaired) electrons. The van der Waals surface area contributed by atoms with Crippen LogP contribution in [0, 0.1) is 17.2 Å². The van der Waals surface area contributed by atoms with Crippen molar-refractivity contribution in [2.75, 3.05) is 18.4 Å². The first kappa shape index (κ1) is 16.5. The van der Waals surface area contributed by atoms with E-state index in [4.69, 9.17) is 5.26 Å². The summed E-state index contributed by atoms with van der Waals surface area (Å²) in [5, 5.41) is 12.2. The van der Waals surface area contributed by atoms with Crippen LogP contribution in [0.25, 0.3) is 0 Å². The summed E-state index contributed by atoms with van der Waals surface area (Å²) in [6, 6.07) is 1.97. The molecule has 3 heterocycles. The summed E-state index contributed by atoms with van der Waals surface area (Å²) < 4.78 is 1.92. The number of nitrogens with one attached hydrogen (secondary N) is 1. The molecule has 0 aromatic carbocycles. The van der Waals surface area contributed by atoms with Gasteiger partial charge in [-0.05, 0) is 18.8 Å². The van der Waals surface area contributed by atoms with Crippen LogP contribution in [0.3, 0.4) is 0 Å². The number of likely N-dealkylation sites (tertiary alicyclic amines) is 1. The highest BCUT2D eigenvalue weighted by Crippen LogP contribution is 2.35. The molecule has 2 fully saturated rings. The summed E-state index contributed by atoms with van der Waals surface area (Å²) in [4.78, 5) is 27.3. The number of amides is 1. The van der Waals surface area contributed by atoms with E-state index < -0.39 is 0 Å². The smallest absolute Gasteiger partial charge is 0.222 e. The van der Waals surface area contributed by atoms with Gasteiger partial charge in [-0.2, -0.15) is 5.26 Å². The highest BCUT2D eigenvalue weighted by atomic mass is 16.2. The van der Waals surface area contributed by atoms with Crippen molar-refractivity contribution in [1.82, 2.24) is 24.4 Å². The molecule has 1 aliphatic heterocycles. The fraction of sp³-hybridized carbons (Fsp3) is 0.500. The lowest BCUT2D eigenvalue weighted by Gasteiger charge is -2.18. The molecule has 8 heteroatoms. The predicted molar refractivity (Wildman–Crippen MR) is 94.0 cm³/mol. The number of rotatable bonds is 5. The molecule has 1 amide bonds. The van der Waals surface area contributed by atoms with E-state index in [1.165, 1.54) is 19.0 Å². The minimum atomic E-state index is 0.00953. The maximum Gasteiger partial charge on any atom is 0.222 e. The summed E-state index contributed by atoms with van der Waals surface area (Å²) >= 11 is 0. The third-order valence-corrected chi connectivity index (χ3v) is 5.04. The van der Waals surface area contributed by atoms with Gasteiger partial charge in [-0.15, -0.1) is 0 Å². The molecule has 134 valence electrons. The molecule has 8 nitrogen and oxygen atoms in total. The van der Waals surface area contributed by atoms with Crippen molar-refractivity contribution in [3.05, 3.63) is 36.3 Å². The molecule has 1 aliphatic carbocycles. The van der Waals surface area contributed by atoms with Crippen molar-refractivity contribution in [2.45, 2.75) is 31.2 Å². The third kappa shape index (κ3) is 3.52. The Morgan fingerprint density at radius 1 is 1.31 bits per heavy atom. The third-order valence-electron chi connectivity index (χ3n) is 5.04. The molecule has 1 N–H and O–H groups in total. The van der Waals surface area contributed by atoms with Crippen LogP contribution in [0.15, 0.2) is 24.9 Å². The lowest BCUT2D eigenvalue weighted by Crippen LogP contribution is -2.32. The summed E-state index contributed by atoms with van der Waals surface area (Å²) in [6.45, 7) is 1.28. The van der Waals surface area contributed by atoms with Gasteiger partial charge < -0.3 is 14.8 Å². The fourth-order valence-electron chi connectivity index (χ4n) is 3.43. The van der Waals surface area contributed by atoms with Gasteiger partial charge in [-0.25, -0.2) is 15.0 Å². The van der Waals surface area contributed by atoms with Crippen molar-refractivity contribution < 1.29 is 4.79 Å². The zero-order chi connectivity index (χ0) is 18.1. The Kier molecular flexibility index (Phi) is 4.29. The molecule has 2 aromatic heterocycles. The zero-order valence-electron chi connectivity index (χ0n) is 14.7. The van der Waals surface area contributed by atoms with Gasteiger partial charge in [-0.1, -0.05) is 0 Å². The van der Waals surface area contributed by atoms with E-state index in [2.05, 4.69) is 20.3 Å². The van der Waals surface area contributed by atoms with E-state index in [1.54, 1.807) is 12.5 Å². The number of anilines is 1. The molecule has 2 aromatic rings. The highest BCUT2D eigenvalue weighted by Gasteiger charge is 2.39. The average molecular weight is 351 g/mol. The van der Waals surface area contributed by atoms with Gasteiger partial charge in [0.15, 0.2) is 5.69 Å². The Hall–Kier alpha value is -2.95. The van der Waals surface area contributed by atoms with Gasteiger partial charge in [0.1, 0.15) is 11.9 Å². The number of carbonyl (C=O) groups is 1. The van der Waals surface area contributed by atoms with E-state index in [9.17, 15) is 4.79 Å². The van der Waals surface area contributed by atoms with E-state index in [0.29, 0.717) is 31.2 Å². The molecule has 1 saturated heterocycles. The Labute approximate surface area is 151 Å². The van der Waals surface area contributed by atoms with Crippen LogP contribution in [0.1, 0.15) is 36.6 Å². The number of nitriles is 1. The number of aryl methyl sites for hydroxylation is 1. The second-order valence-corrected chi connectivity index (χ2v) is 7.17. The Bertz CT molecular complexity index is 834. The Balaban J connectivity index is 1.52. The molecule has 1 saturated carbocycles. The lowest BCUT2D eigenvalue weighted by molar-refractivity contribution is -0.130. The molecule has 0 spiro atoms. The SMILES string of the molecule is Cn1cnc([C@@H]2CN(C(=O)CC3CC3)C[C@H]2Nc2cnc(C#N)cn2)c1. The number of hydrogen-bond donors (Lipinski definition) is 1. The quantitative estimate of drug-likeness (QED) is 0.871. The van der Waals surface area contributed by atoms with Crippen molar-refractivity contribution >= 4 is 11.7 Å². The van der Waals surface area contributed by atoms with E-state index in [0.717, 1.165) is 5.69 Å². The Morgan fingerprint density at radius 2 is 2.15 bits per heavy atom. The second-order valence-electron chi connectivity index (χ2n) is 7.17. The van der Waals surface area contributed by atoms with Gasteiger partial charge in [0.2, 0.25) is 5.91 Å². The molecule has 2 atom stereocenters. The number of imidazole rings is 1. The van der Waals surface area contributed by atoms with Gasteiger partial charge >= 0.3 is 0 Å².